The summed E-state index contributed by atoms with van der Waals surface area (Å²) in [4.78, 5) is 28.0. The average molecular weight is 501 g/mol. The predicted molar refractivity (Wildman–Crippen MR) is 122 cm³/mol. The van der Waals surface area contributed by atoms with E-state index >= 15 is 0 Å². The summed E-state index contributed by atoms with van der Waals surface area (Å²) >= 11 is 3.25. The van der Waals surface area contributed by atoms with Crippen molar-refractivity contribution in [2.75, 3.05) is 10.6 Å². The van der Waals surface area contributed by atoms with E-state index in [-0.39, 0.29) is 4.90 Å². The van der Waals surface area contributed by atoms with Crippen LogP contribution in [0.1, 0.15) is 0 Å². The van der Waals surface area contributed by atoms with Crippen molar-refractivity contribution < 1.29 is 18.0 Å². The van der Waals surface area contributed by atoms with Crippen molar-refractivity contribution >= 4 is 49.3 Å². The van der Waals surface area contributed by atoms with Gasteiger partial charge in [0.15, 0.2) is 0 Å². The molecule has 8 nitrogen and oxygen atoms in total. The van der Waals surface area contributed by atoms with Gasteiger partial charge in [-0.25, -0.2) is 18.5 Å². The van der Waals surface area contributed by atoms with Gasteiger partial charge in [-0.15, -0.1) is 0 Å². The first kappa shape index (κ1) is 22.3. The molecule has 0 saturated carbocycles. The molecule has 0 bridgehead atoms. The predicted octanol–water partition coefficient (Wildman–Crippen LogP) is 3.29. The molecule has 0 unspecified atom stereocenters. The third kappa shape index (κ3) is 6.32. The molecule has 1 heterocycles. The van der Waals surface area contributed by atoms with Crippen LogP contribution in [0.4, 0.5) is 11.5 Å². The highest BCUT2D eigenvalue weighted by Gasteiger charge is 2.14. The standard InChI is InChI=1S/C21H17BrN4O4S/c22-15-7-10-19(24-13-15)26-21(28)12-11-20(27)25-16-8-5-14(6-9-16)17-3-1-2-4-18(17)31(23,29)30/h1-13H,(H,25,27)(H2,23,29,30)(H,24,26,28)/b12-11+. The van der Waals surface area contributed by atoms with Gasteiger partial charge < -0.3 is 10.6 Å². The number of sulfonamides is 1. The number of amides is 2. The lowest BCUT2D eigenvalue weighted by molar-refractivity contribution is -0.114. The summed E-state index contributed by atoms with van der Waals surface area (Å²) in [7, 11) is -3.87. The third-order valence-electron chi connectivity index (χ3n) is 4.02. The lowest BCUT2D eigenvalue weighted by Gasteiger charge is -2.09. The number of pyridine rings is 1. The van der Waals surface area contributed by atoms with Gasteiger partial charge >= 0.3 is 0 Å². The topological polar surface area (TPSA) is 131 Å². The maximum atomic E-state index is 12.1. The summed E-state index contributed by atoms with van der Waals surface area (Å²) in [6, 6.07) is 16.3. The molecule has 0 radical (unpaired) electrons. The molecule has 0 atom stereocenters. The quantitative estimate of drug-likeness (QED) is 0.446. The van der Waals surface area contributed by atoms with Crippen LogP contribution in [0, 0.1) is 0 Å². The van der Waals surface area contributed by atoms with Crippen LogP contribution < -0.4 is 15.8 Å². The molecule has 0 saturated heterocycles. The first-order chi connectivity index (χ1) is 14.7. The van der Waals surface area contributed by atoms with Crippen molar-refractivity contribution in [2.24, 2.45) is 5.14 Å². The molecule has 1 aromatic heterocycles. The lowest BCUT2D eigenvalue weighted by atomic mass is 10.1. The molecule has 0 aliphatic heterocycles. The molecule has 3 aromatic rings. The van der Waals surface area contributed by atoms with Crippen molar-refractivity contribution in [1.29, 1.82) is 0 Å². The highest BCUT2D eigenvalue weighted by Crippen LogP contribution is 2.27. The fraction of sp³-hybridized carbons (Fsp3) is 0. The van der Waals surface area contributed by atoms with E-state index in [1.54, 1.807) is 54.6 Å². The Morgan fingerprint density at radius 3 is 2.16 bits per heavy atom. The van der Waals surface area contributed by atoms with Crippen LogP contribution in [0.2, 0.25) is 0 Å². The molecule has 0 aliphatic carbocycles. The number of benzene rings is 2. The Balaban J connectivity index is 1.63. The van der Waals surface area contributed by atoms with E-state index in [0.29, 0.717) is 22.6 Å². The van der Waals surface area contributed by atoms with Gasteiger partial charge in [0.25, 0.3) is 0 Å². The van der Waals surface area contributed by atoms with E-state index < -0.39 is 21.8 Å². The van der Waals surface area contributed by atoms with Crippen molar-refractivity contribution in [2.45, 2.75) is 4.90 Å². The molecule has 2 aromatic carbocycles. The number of hydrogen-bond donors (Lipinski definition) is 3. The van der Waals surface area contributed by atoms with Crippen LogP contribution in [-0.2, 0) is 19.6 Å². The molecule has 0 spiro atoms. The number of anilines is 2. The van der Waals surface area contributed by atoms with Gasteiger partial charge in [-0.3, -0.25) is 9.59 Å². The Morgan fingerprint density at radius 1 is 0.903 bits per heavy atom. The molecule has 10 heteroatoms. The largest absolute Gasteiger partial charge is 0.323 e. The monoisotopic (exact) mass is 500 g/mol. The SMILES string of the molecule is NS(=O)(=O)c1ccccc1-c1ccc(NC(=O)/C=C/C(=O)Nc2ccc(Br)cn2)cc1. The van der Waals surface area contributed by atoms with Gasteiger partial charge in [0, 0.05) is 34.1 Å². The number of hydrogen-bond acceptors (Lipinski definition) is 5. The molecule has 0 fully saturated rings. The summed E-state index contributed by atoms with van der Waals surface area (Å²) in [6.45, 7) is 0. The molecule has 158 valence electrons. The first-order valence-corrected chi connectivity index (χ1v) is 11.2. The number of nitrogens with zero attached hydrogens (tertiary/aromatic N) is 1. The van der Waals surface area contributed by atoms with Crippen LogP contribution in [0.15, 0.2) is 88.4 Å². The highest BCUT2D eigenvalue weighted by atomic mass is 79.9. The lowest BCUT2D eigenvalue weighted by Crippen LogP contribution is -2.13. The smallest absolute Gasteiger partial charge is 0.249 e. The van der Waals surface area contributed by atoms with Crippen molar-refractivity contribution in [3.63, 3.8) is 0 Å². The average Bonchev–Trinajstić information content (AvgIpc) is 2.74. The van der Waals surface area contributed by atoms with E-state index in [1.165, 1.54) is 12.3 Å². The van der Waals surface area contributed by atoms with Gasteiger partial charge in [0.1, 0.15) is 5.82 Å². The van der Waals surface area contributed by atoms with E-state index in [1.807, 2.05) is 0 Å². The van der Waals surface area contributed by atoms with Crippen LogP contribution >= 0.6 is 15.9 Å². The van der Waals surface area contributed by atoms with Crippen LogP contribution in [-0.4, -0.2) is 25.2 Å². The zero-order valence-corrected chi connectivity index (χ0v) is 18.4. The fourth-order valence-electron chi connectivity index (χ4n) is 2.64. The van der Waals surface area contributed by atoms with E-state index in [0.717, 1.165) is 16.6 Å². The molecule has 4 N–H and O–H groups in total. The molecular formula is C21H17BrN4O4S. The van der Waals surface area contributed by atoms with Gasteiger partial charge in [-0.05, 0) is 51.8 Å². The number of rotatable bonds is 6. The minimum Gasteiger partial charge on any atom is -0.323 e. The summed E-state index contributed by atoms with van der Waals surface area (Å²) < 4.78 is 24.3. The number of carbonyl (C=O) groups excluding carboxylic acids is 2. The second-order valence-electron chi connectivity index (χ2n) is 6.29. The highest BCUT2D eigenvalue weighted by molar-refractivity contribution is 9.10. The Kier molecular flexibility index (Phi) is 6.95. The molecule has 2 amide bonds. The van der Waals surface area contributed by atoms with E-state index in [9.17, 15) is 18.0 Å². The van der Waals surface area contributed by atoms with Gasteiger partial charge in [0.05, 0.1) is 4.90 Å². The normalized spacial score (nSPS) is 11.3. The summed E-state index contributed by atoms with van der Waals surface area (Å²) in [5, 5.41) is 10.4. The van der Waals surface area contributed by atoms with Crippen molar-refractivity contribution in [3.05, 3.63) is 83.5 Å². The molecular weight excluding hydrogens is 484 g/mol. The molecule has 31 heavy (non-hydrogen) atoms. The summed E-state index contributed by atoms with van der Waals surface area (Å²) in [6.07, 6.45) is 3.73. The number of primary sulfonamides is 1. The second-order valence-corrected chi connectivity index (χ2v) is 8.74. The van der Waals surface area contributed by atoms with Crippen LogP contribution in [0.25, 0.3) is 11.1 Å². The second kappa shape index (κ2) is 9.65. The van der Waals surface area contributed by atoms with E-state index in [4.69, 9.17) is 5.14 Å². The number of halogens is 1. The summed E-state index contributed by atoms with van der Waals surface area (Å²) in [5.41, 5.74) is 1.56. The van der Waals surface area contributed by atoms with Gasteiger partial charge in [-0.2, -0.15) is 0 Å². The van der Waals surface area contributed by atoms with Crippen LogP contribution in [0.5, 0.6) is 0 Å². The maximum Gasteiger partial charge on any atom is 0.249 e. The van der Waals surface area contributed by atoms with Crippen molar-refractivity contribution in [3.8, 4) is 11.1 Å². The number of carbonyl (C=O) groups is 2. The summed E-state index contributed by atoms with van der Waals surface area (Å²) in [5.74, 6) is -0.648. The molecule has 3 rings (SSSR count). The van der Waals surface area contributed by atoms with Gasteiger partial charge in [0.2, 0.25) is 21.8 Å². The van der Waals surface area contributed by atoms with E-state index in [2.05, 4.69) is 31.5 Å². The number of nitrogens with one attached hydrogen (secondary N) is 2. The Labute approximate surface area is 187 Å². The zero-order valence-electron chi connectivity index (χ0n) is 15.9. The minimum atomic E-state index is -3.87. The number of aromatic nitrogens is 1. The minimum absolute atomic E-state index is 0.0148. The molecule has 0 aliphatic rings. The zero-order chi connectivity index (χ0) is 22.4. The van der Waals surface area contributed by atoms with Crippen molar-refractivity contribution in [1.82, 2.24) is 4.98 Å². The van der Waals surface area contributed by atoms with Crippen LogP contribution in [0.3, 0.4) is 0 Å². The first-order valence-electron chi connectivity index (χ1n) is 8.86. The Hall–Kier alpha value is -3.34. The Morgan fingerprint density at radius 2 is 1.55 bits per heavy atom. The Bertz CT molecular complexity index is 1240. The maximum absolute atomic E-state index is 12.1. The fourth-order valence-corrected chi connectivity index (χ4v) is 3.63. The third-order valence-corrected chi connectivity index (χ3v) is 5.46. The number of nitrogens with two attached hydrogens (primary N) is 1. The van der Waals surface area contributed by atoms with Gasteiger partial charge in [-0.1, -0.05) is 30.3 Å².